The molecule has 0 aliphatic carbocycles. The van der Waals surface area contributed by atoms with Crippen molar-refractivity contribution >= 4 is 0 Å². The van der Waals surface area contributed by atoms with Gasteiger partial charge in [0.1, 0.15) is 11.6 Å². The Hall–Kier alpha value is -1.04. The third-order valence-electron chi connectivity index (χ3n) is 3.13. The third-order valence-corrected chi connectivity index (χ3v) is 3.13. The molecule has 3 nitrogen and oxygen atoms in total. The maximum Gasteiger partial charge on any atom is 0.210 e. The molecule has 0 amide bonds. The molecule has 0 saturated carbocycles. The van der Waals surface area contributed by atoms with Crippen LogP contribution in [0.2, 0.25) is 0 Å². The summed E-state index contributed by atoms with van der Waals surface area (Å²) in [6.45, 7) is 4.21. The van der Waals surface area contributed by atoms with Crippen LogP contribution in [0.5, 0.6) is 0 Å². The lowest BCUT2D eigenvalue weighted by atomic mass is 10.0. The predicted octanol–water partition coefficient (Wildman–Crippen LogP) is 2.07. The molecule has 1 saturated heterocycles. The topological polar surface area (TPSA) is 44.5 Å². The van der Waals surface area contributed by atoms with Crippen LogP contribution in [-0.4, -0.2) is 19.8 Å². The lowest BCUT2D eigenvalue weighted by Crippen LogP contribution is -2.47. The summed E-state index contributed by atoms with van der Waals surface area (Å²) in [5.74, 6) is -2.22. The van der Waals surface area contributed by atoms with E-state index in [0.717, 1.165) is 12.1 Å². The zero-order chi connectivity index (χ0) is 13.3. The molecular weight excluding hydrogens is 240 g/mol. The molecule has 0 radical (unpaired) electrons. The zero-order valence-corrected chi connectivity index (χ0v) is 10.5. The van der Waals surface area contributed by atoms with Crippen molar-refractivity contribution in [1.82, 2.24) is 0 Å². The maximum atomic E-state index is 14.0. The summed E-state index contributed by atoms with van der Waals surface area (Å²) in [6.07, 6.45) is 0. The van der Waals surface area contributed by atoms with E-state index in [4.69, 9.17) is 15.2 Å². The number of hydrogen-bond acceptors (Lipinski definition) is 3. The summed E-state index contributed by atoms with van der Waals surface area (Å²) in [6, 6.07) is 2.24. The van der Waals surface area contributed by atoms with E-state index >= 15 is 0 Å². The van der Waals surface area contributed by atoms with Crippen LogP contribution in [0, 0.1) is 24.5 Å². The molecule has 18 heavy (non-hydrogen) atoms. The molecule has 1 fully saturated rings. The second-order valence-corrected chi connectivity index (χ2v) is 4.77. The summed E-state index contributed by atoms with van der Waals surface area (Å²) in [7, 11) is 0. The Morgan fingerprint density at radius 1 is 1.28 bits per heavy atom. The van der Waals surface area contributed by atoms with Gasteiger partial charge in [0.15, 0.2) is 0 Å². The summed E-state index contributed by atoms with van der Waals surface area (Å²) >= 11 is 0. The second kappa shape index (κ2) is 4.91. The number of halogens is 2. The summed E-state index contributed by atoms with van der Waals surface area (Å²) in [5.41, 5.74) is 5.90. The fourth-order valence-electron chi connectivity index (χ4n) is 1.97. The molecule has 5 heteroatoms. The number of ether oxygens (including phenoxy) is 2. The number of benzene rings is 1. The van der Waals surface area contributed by atoms with Crippen LogP contribution in [0.4, 0.5) is 8.78 Å². The summed E-state index contributed by atoms with van der Waals surface area (Å²) in [5, 5.41) is 0. The van der Waals surface area contributed by atoms with Gasteiger partial charge in [0.2, 0.25) is 5.79 Å². The van der Waals surface area contributed by atoms with Crippen molar-refractivity contribution in [2.75, 3.05) is 19.8 Å². The molecule has 2 rings (SSSR count). The van der Waals surface area contributed by atoms with Crippen molar-refractivity contribution in [2.45, 2.75) is 19.6 Å². The fourth-order valence-corrected chi connectivity index (χ4v) is 1.97. The van der Waals surface area contributed by atoms with Crippen LogP contribution in [0.1, 0.15) is 18.1 Å². The van der Waals surface area contributed by atoms with Gasteiger partial charge in [0.25, 0.3) is 0 Å². The Labute approximate surface area is 105 Å². The Morgan fingerprint density at radius 3 is 2.44 bits per heavy atom. The maximum absolute atomic E-state index is 14.0. The van der Waals surface area contributed by atoms with Crippen LogP contribution in [0.15, 0.2) is 12.1 Å². The van der Waals surface area contributed by atoms with Gasteiger partial charge in [-0.25, -0.2) is 8.78 Å². The minimum atomic E-state index is -1.37. The molecule has 0 aromatic heterocycles. The van der Waals surface area contributed by atoms with Crippen LogP contribution in [0.3, 0.4) is 0 Å². The largest absolute Gasteiger partial charge is 0.344 e. The van der Waals surface area contributed by atoms with Gasteiger partial charge in [0.05, 0.1) is 25.3 Å². The highest BCUT2D eigenvalue weighted by Gasteiger charge is 2.40. The third kappa shape index (κ3) is 2.25. The highest BCUT2D eigenvalue weighted by Crippen LogP contribution is 2.34. The molecule has 0 spiro atoms. The minimum Gasteiger partial charge on any atom is -0.344 e. The van der Waals surface area contributed by atoms with Crippen molar-refractivity contribution in [2.24, 2.45) is 11.7 Å². The number of hydrogen-bond donors (Lipinski definition) is 1. The van der Waals surface area contributed by atoms with E-state index in [9.17, 15) is 8.78 Å². The van der Waals surface area contributed by atoms with Crippen molar-refractivity contribution in [1.29, 1.82) is 0 Å². The van der Waals surface area contributed by atoms with Gasteiger partial charge >= 0.3 is 0 Å². The molecule has 1 aliphatic rings. The summed E-state index contributed by atoms with van der Waals surface area (Å²) < 4.78 is 38.6. The highest BCUT2D eigenvalue weighted by atomic mass is 19.1. The standard InChI is InChI=1S/C13H17F2NO2/c1-8-5-17-13(7-16,18-6-8)10-4-11(14)9(2)3-12(10)15/h3-4,8H,5-7,16H2,1-2H3. The average molecular weight is 257 g/mol. The normalized spacial score (nSPS) is 28.4. The van der Waals surface area contributed by atoms with Gasteiger partial charge in [-0.05, 0) is 24.6 Å². The van der Waals surface area contributed by atoms with E-state index in [0.29, 0.717) is 13.2 Å². The van der Waals surface area contributed by atoms with Crippen LogP contribution >= 0.6 is 0 Å². The number of rotatable bonds is 2. The van der Waals surface area contributed by atoms with Crippen LogP contribution < -0.4 is 5.73 Å². The number of nitrogens with two attached hydrogens (primary N) is 1. The lowest BCUT2D eigenvalue weighted by Gasteiger charge is -2.39. The Balaban J connectivity index is 2.41. The Bertz CT molecular complexity index is 443. The molecule has 0 atom stereocenters. The van der Waals surface area contributed by atoms with Crippen molar-refractivity contribution in [3.63, 3.8) is 0 Å². The van der Waals surface area contributed by atoms with Gasteiger partial charge < -0.3 is 15.2 Å². The molecule has 0 unspecified atom stereocenters. The molecule has 0 bridgehead atoms. The zero-order valence-electron chi connectivity index (χ0n) is 10.5. The van der Waals surface area contributed by atoms with Gasteiger partial charge in [-0.3, -0.25) is 0 Å². The molecule has 1 aromatic rings. The van der Waals surface area contributed by atoms with Gasteiger partial charge in [-0.15, -0.1) is 0 Å². The highest BCUT2D eigenvalue weighted by molar-refractivity contribution is 5.29. The Morgan fingerprint density at radius 2 is 1.89 bits per heavy atom. The van der Waals surface area contributed by atoms with E-state index in [1.807, 2.05) is 6.92 Å². The van der Waals surface area contributed by atoms with E-state index in [2.05, 4.69) is 0 Å². The molecule has 1 aliphatic heterocycles. The molecule has 2 N–H and O–H groups in total. The van der Waals surface area contributed by atoms with Crippen molar-refractivity contribution in [3.8, 4) is 0 Å². The Kier molecular flexibility index (Phi) is 3.66. The van der Waals surface area contributed by atoms with Crippen molar-refractivity contribution < 1.29 is 18.3 Å². The van der Waals surface area contributed by atoms with Crippen molar-refractivity contribution in [3.05, 3.63) is 34.9 Å². The monoisotopic (exact) mass is 257 g/mol. The molecular formula is C13H17F2NO2. The van der Waals surface area contributed by atoms with Gasteiger partial charge in [-0.1, -0.05) is 6.92 Å². The van der Waals surface area contributed by atoms with Crippen LogP contribution in [0.25, 0.3) is 0 Å². The first-order valence-corrected chi connectivity index (χ1v) is 5.92. The fraction of sp³-hybridized carbons (Fsp3) is 0.538. The van der Waals surface area contributed by atoms with E-state index < -0.39 is 17.4 Å². The molecule has 100 valence electrons. The SMILES string of the molecule is Cc1cc(F)c(C2(CN)OCC(C)CO2)cc1F. The van der Waals surface area contributed by atoms with E-state index in [-0.39, 0.29) is 23.6 Å². The predicted molar refractivity (Wildman–Crippen MR) is 62.9 cm³/mol. The lowest BCUT2D eigenvalue weighted by molar-refractivity contribution is -0.285. The quantitative estimate of drug-likeness (QED) is 0.882. The van der Waals surface area contributed by atoms with Gasteiger partial charge in [0, 0.05) is 5.92 Å². The smallest absolute Gasteiger partial charge is 0.210 e. The first-order chi connectivity index (χ1) is 8.48. The molecule has 1 heterocycles. The van der Waals surface area contributed by atoms with Gasteiger partial charge in [-0.2, -0.15) is 0 Å². The first-order valence-electron chi connectivity index (χ1n) is 5.92. The molecule has 1 aromatic carbocycles. The van der Waals surface area contributed by atoms with E-state index in [1.165, 1.54) is 6.92 Å². The van der Waals surface area contributed by atoms with E-state index in [1.54, 1.807) is 0 Å². The minimum absolute atomic E-state index is 0.0278. The summed E-state index contributed by atoms with van der Waals surface area (Å²) in [4.78, 5) is 0. The second-order valence-electron chi connectivity index (χ2n) is 4.77. The first kappa shape index (κ1) is 13.4. The number of aryl methyl sites for hydroxylation is 1. The van der Waals surface area contributed by atoms with Crippen LogP contribution in [-0.2, 0) is 15.3 Å². The average Bonchev–Trinajstić information content (AvgIpc) is 2.36.